The quantitative estimate of drug-likeness (QED) is 0.821. The van der Waals surface area contributed by atoms with Gasteiger partial charge in [-0.15, -0.1) is 11.8 Å². The number of hydrogen-bond acceptors (Lipinski definition) is 5. The number of methoxy groups -OCH3 is 1. The maximum Gasteiger partial charge on any atom is 0.0894 e. The second kappa shape index (κ2) is 7.46. The molecule has 7 heteroatoms. The maximum atomic E-state index is 5.90. The first-order chi connectivity index (χ1) is 10.8. The van der Waals surface area contributed by atoms with Gasteiger partial charge in [0.05, 0.1) is 18.0 Å². The van der Waals surface area contributed by atoms with E-state index in [0.717, 1.165) is 36.1 Å². The molecule has 2 aromatic rings. The number of H-pyrrole nitrogens is 1. The van der Waals surface area contributed by atoms with Crippen molar-refractivity contribution in [3.05, 3.63) is 41.2 Å². The number of benzene rings is 1. The molecule has 0 aliphatic carbocycles. The Morgan fingerprint density at radius 3 is 2.86 bits per heavy atom. The molecule has 1 saturated heterocycles. The molecule has 0 saturated carbocycles. The van der Waals surface area contributed by atoms with Gasteiger partial charge < -0.3 is 4.74 Å². The van der Waals surface area contributed by atoms with Crippen LogP contribution in [0.4, 0.5) is 0 Å². The van der Waals surface area contributed by atoms with Crippen LogP contribution in [0.25, 0.3) is 0 Å². The van der Waals surface area contributed by atoms with E-state index in [4.69, 9.17) is 16.3 Å². The van der Waals surface area contributed by atoms with Crippen LogP contribution in [0, 0.1) is 0 Å². The zero-order valence-electron chi connectivity index (χ0n) is 12.4. The van der Waals surface area contributed by atoms with Gasteiger partial charge in [0.25, 0.3) is 0 Å². The number of nitrogens with zero attached hydrogens (tertiary/aromatic N) is 3. The second-order valence-electron chi connectivity index (χ2n) is 5.34. The van der Waals surface area contributed by atoms with Crippen molar-refractivity contribution in [2.24, 2.45) is 0 Å². The molecule has 1 aromatic carbocycles. The zero-order chi connectivity index (χ0) is 15.4. The van der Waals surface area contributed by atoms with Crippen LogP contribution in [0.1, 0.15) is 11.6 Å². The third-order valence-corrected chi connectivity index (χ3v) is 5.19. The molecule has 22 heavy (non-hydrogen) atoms. The van der Waals surface area contributed by atoms with Crippen molar-refractivity contribution in [3.8, 4) is 0 Å². The summed E-state index contributed by atoms with van der Waals surface area (Å²) in [5, 5.41) is 11.6. The molecule has 2 heterocycles. The molecule has 0 spiro atoms. The Morgan fingerprint density at radius 2 is 2.18 bits per heavy atom. The number of ether oxygens (including phenoxy) is 1. The fourth-order valence-electron chi connectivity index (χ4n) is 2.77. The molecule has 1 aromatic heterocycles. The van der Waals surface area contributed by atoms with Crippen LogP contribution in [0.3, 0.4) is 0 Å². The summed E-state index contributed by atoms with van der Waals surface area (Å²) in [4.78, 5) is 3.68. The topological polar surface area (TPSA) is 54.0 Å². The van der Waals surface area contributed by atoms with Gasteiger partial charge in [0.2, 0.25) is 0 Å². The molecule has 3 rings (SSSR count). The van der Waals surface area contributed by atoms with Crippen molar-refractivity contribution in [2.45, 2.75) is 16.9 Å². The summed E-state index contributed by atoms with van der Waals surface area (Å²) < 4.78 is 5.61. The maximum absolute atomic E-state index is 5.90. The van der Waals surface area contributed by atoms with E-state index in [1.54, 1.807) is 13.3 Å². The lowest BCUT2D eigenvalue weighted by atomic mass is 10.0. The van der Waals surface area contributed by atoms with Crippen LogP contribution in [-0.4, -0.2) is 58.9 Å². The van der Waals surface area contributed by atoms with Crippen molar-refractivity contribution in [2.75, 3.05) is 32.5 Å². The Balaban J connectivity index is 1.50. The Labute approximate surface area is 139 Å². The lowest BCUT2D eigenvalue weighted by molar-refractivity contribution is 0.0969. The Hall–Kier alpha value is -1.08. The molecule has 0 bridgehead atoms. The summed E-state index contributed by atoms with van der Waals surface area (Å²) in [6, 6.07) is 7.99. The lowest BCUT2D eigenvalue weighted by Gasteiger charge is -2.14. The average molecular weight is 339 g/mol. The summed E-state index contributed by atoms with van der Waals surface area (Å²) in [5.41, 5.74) is 0.986. The van der Waals surface area contributed by atoms with Crippen molar-refractivity contribution in [1.82, 2.24) is 20.3 Å². The highest BCUT2D eigenvalue weighted by Crippen LogP contribution is 2.28. The standard InChI is InChI=1S/C15H19ClN4OS/c1-21-15-10-20(9-13(15)14-8-17-19-18-14)6-7-22-12-4-2-11(16)3-5-12/h2-5,8,13,15H,6-7,9-10H2,1H3,(H,17,18,19)/t13-,15+/m0/s1. The molecule has 1 aliphatic heterocycles. The molecular weight excluding hydrogens is 320 g/mol. The number of halogens is 1. The van der Waals surface area contributed by atoms with E-state index in [-0.39, 0.29) is 6.10 Å². The molecule has 1 aliphatic rings. The van der Waals surface area contributed by atoms with E-state index in [1.807, 2.05) is 23.9 Å². The molecule has 118 valence electrons. The van der Waals surface area contributed by atoms with Gasteiger partial charge in [0.15, 0.2) is 0 Å². The third-order valence-electron chi connectivity index (χ3n) is 3.95. The van der Waals surface area contributed by atoms with Crippen LogP contribution in [0.15, 0.2) is 35.4 Å². The Bertz CT molecular complexity index is 578. The van der Waals surface area contributed by atoms with Crippen molar-refractivity contribution in [3.63, 3.8) is 0 Å². The summed E-state index contributed by atoms with van der Waals surface area (Å²) >= 11 is 7.75. The number of hydrogen-bond donors (Lipinski definition) is 1. The summed E-state index contributed by atoms with van der Waals surface area (Å²) in [6.07, 6.45) is 1.98. The number of thioether (sulfide) groups is 1. The molecule has 0 amide bonds. The molecule has 0 unspecified atom stereocenters. The number of likely N-dealkylation sites (tertiary alicyclic amines) is 1. The van der Waals surface area contributed by atoms with Crippen molar-refractivity contribution in [1.29, 1.82) is 0 Å². The zero-order valence-corrected chi connectivity index (χ0v) is 14.0. The fraction of sp³-hybridized carbons (Fsp3) is 0.467. The van der Waals surface area contributed by atoms with Crippen LogP contribution in [0.2, 0.25) is 5.02 Å². The van der Waals surface area contributed by atoms with Gasteiger partial charge in [-0.1, -0.05) is 11.6 Å². The predicted octanol–water partition coefficient (Wildman–Crippen LogP) is 2.66. The Kier molecular flexibility index (Phi) is 5.36. The normalized spacial score (nSPS) is 22.3. The van der Waals surface area contributed by atoms with Crippen LogP contribution >= 0.6 is 23.4 Å². The predicted molar refractivity (Wildman–Crippen MR) is 88.5 cm³/mol. The minimum absolute atomic E-state index is 0.186. The minimum Gasteiger partial charge on any atom is -0.379 e. The van der Waals surface area contributed by atoms with E-state index in [1.165, 1.54) is 4.90 Å². The van der Waals surface area contributed by atoms with Crippen LogP contribution in [0.5, 0.6) is 0 Å². The van der Waals surface area contributed by atoms with Crippen LogP contribution < -0.4 is 0 Å². The molecule has 5 nitrogen and oxygen atoms in total. The highest BCUT2D eigenvalue weighted by molar-refractivity contribution is 7.99. The van der Waals surface area contributed by atoms with E-state index in [2.05, 4.69) is 32.4 Å². The molecular formula is C15H19ClN4OS. The highest BCUT2D eigenvalue weighted by atomic mass is 35.5. The largest absolute Gasteiger partial charge is 0.379 e. The van der Waals surface area contributed by atoms with Gasteiger partial charge in [0, 0.05) is 48.3 Å². The average Bonchev–Trinajstić information content (AvgIpc) is 3.18. The van der Waals surface area contributed by atoms with Crippen LogP contribution in [-0.2, 0) is 4.74 Å². The third kappa shape index (κ3) is 3.81. The van der Waals surface area contributed by atoms with Gasteiger partial charge in [-0.25, -0.2) is 0 Å². The number of aromatic nitrogens is 3. The monoisotopic (exact) mass is 338 g/mol. The Morgan fingerprint density at radius 1 is 1.36 bits per heavy atom. The highest BCUT2D eigenvalue weighted by Gasteiger charge is 2.35. The molecule has 1 N–H and O–H groups in total. The minimum atomic E-state index is 0.186. The number of nitrogens with one attached hydrogen (secondary N) is 1. The summed E-state index contributed by atoms with van der Waals surface area (Å²) in [5.74, 6) is 1.34. The van der Waals surface area contributed by atoms with Gasteiger partial charge in [-0.05, 0) is 24.3 Å². The first-order valence-corrected chi connectivity index (χ1v) is 8.62. The molecule has 1 fully saturated rings. The van der Waals surface area contributed by atoms with Gasteiger partial charge in [-0.3, -0.25) is 4.90 Å². The number of aromatic amines is 1. The van der Waals surface area contributed by atoms with Gasteiger partial charge in [0.1, 0.15) is 0 Å². The van der Waals surface area contributed by atoms with E-state index in [0.29, 0.717) is 5.92 Å². The smallest absolute Gasteiger partial charge is 0.0894 e. The SMILES string of the molecule is CO[C@@H]1CN(CCSc2ccc(Cl)cc2)C[C@H]1c1cn[nH]n1. The van der Waals surface area contributed by atoms with E-state index >= 15 is 0 Å². The van der Waals surface area contributed by atoms with Crippen molar-refractivity contribution >= 4 is 23.4 Å². The number of rotatable bonds is 6. The van der Waals surface area contributed by atoms with E-state index in [9.17, 15) is 0 Å². The lowest BCUT2D eigenvalue weighted by Crippen LogP contribution is -2.25. The van der Waals surface area contributed by atoms with Crippen molar-refractivity contribution < 1.29 is 4.74 Å². The second-order valence-corrected chi connectivity index (χ2v) is 6.94. The summed E-state index contributed by atoms with van der Waals surface area (Å²) in [7, 11) is 1.77. The molecule has 2 atom stereocenters. The van der Waals surface area contributed by atoms with E-state index < -0.39 is 0 Å². The first kappa shape index (κ1) is 15.8. The summed E-state index contributed by atoms with van der Waals surface area (Å²) in [6.45, 7) is 2.93. The van der Waals surface area contributed by atoms with Gasteiger partial charge >= 0.3 is 0 Å². The fourth-order valence-corrected chi connectivity index (χ4v) is 3.81. The molecule has 0 radical (unpaired) electrons. The van der Waals surface area contributed by atoms with Gasteiger partial charge in [-0.2, -0.15) is 15.4 Å². The first-order valence-electron chi connectivity index (χ1n) is 7.25.